The van der Waals surface area contributed by atoms with Crippen molar-refractivity contribution >= 4 is 10.0 Å². The third kappa shape index (κ3) is 2.75. The van der Waals surface area contributed by atoms with E-state index in [9.17, 15) is 8.42 Å². The molecule has 0 atom stereocenters. The van der Waals surface area contributed by atoms with Crippen molar-refractivity contribution in [2.45, 2.75) is 36.5 Å². The Morgan fingerprint density at radius 3 is 2.20 bits per heavy atom. The van der Waals surface area contributed by atoms with Crippen molar-refractivity contribution in [3.05, 3.63) is 29.8 Å². The number of hydrogen-bond donors (Lipinski definition) is 1. The van der Waals surface area contributed by atoms with E-state index in [1.54, 1.807) is 16.4 Å². The van der Waals surface area contributed by atoms with Crippen molar-refractivity contribution in [2.24, 2.45) is 0 Å². The van der Waals surface area contributed by atoms with Crippen molar-refractivity contribution in [2.75, 3.05) is 26.2 Å². The molecule has 5 heteroatoms. The van der Waals surface area contributed by atoms with Crippen LogP contribution in [0.4, 0.5) is 0 Å². The van der Waals surface area contributed by atoms with Crippen molar-refractivity contribution in [3.63, 3.8) is 0 Å². The molecule has 110 valence electrons. The maximum atomic E-state index is 12.4. The van der Waals surface area contributed by atoms with E-state index in [0.717, 1.165) is 38.8 Å². The first kappa shape index (κ1) is 14.0. The van der Waals surface area contributed by atoms with Crippen LogP contribution < -0.4 is 5.32 Å². The van der Waals surface area contributed by atoms with Crippen molar-refractivity contribution in [3.8, 4) is 0 Å². The Hall–Kier alpha value is -0.910. The molecule has 1 aromatic carbocycles. The first-order chi connectivity index (χ1) is 9.68. The maximum Gasteiger partial charge on any atom is 0.243 e. The van der Waals surface area contributed by atoms with Crippen LogP contribution in [0, 0.1) is 0 Å². The van der Waals surface area contributed by atoms with E-state index in [1.165, 1.54) is 5.56 Å². The van der Waals surface area contributed by atoms with Gasteiger partial charge in [-0.25, -0.2) is 8.42 Å². The molecule has 2 aliphatic heterocycles. The van der Waals surface area contributed by atoms with Crippen LogP contribution >= 0.6 is 0 Å². The highest BCUT2D eigenvalue weighted by Crippen LogP contribution is 2.27. The first-order valence-corrected chi connectivity index (χ1v) is 8.93. The molecule has 2 heterocycles. The molecule has 20 heavy (non-hydrogen) atoms. The Labute approximate surface area is 121 Å². The molecule has 2 fully saturated rings. The molecule has 0 aromatic heterocycles. The van der Waals surface area contributed by atoms with Gasteiger partial charge in [-0.1, -0.05) is 12.1 Å². The summed E-state index contributed by atoms with van der Waals surface area (Å²) in [6.07, 6.45) is 4.23. The minimum Gasteiger partial charge on any atom is -0.317 e. The van der Waals surface area contributed by atoms with Gasteiger partial charge in [0.2, 0.25) is 10.0 Å². The summed E-state index contributed by atoms with van der Waals surface area (Å²) in [6.45, 7) is 3.44. The van der Waals surface area contributed by atoms with Crippen LogP contribution in [-0.2, 0) is 10.0 Å². The van der Waals surface area contributed by atoms with Gasteiger partial charge >= 0.3 is 0 Å². The Morgan fingerprint density at radius 2 is 1.60 bits per heavy atom. The fourth-order valence-corrected chi connectivity index (χ4v) is 4.66. The maximum absolute atomic E-state index is 12.4. The van der Waals surface area contributed by atoms with Crippen molar-refractivity contribution < 1.29 is 8.42 Å². The zero-order valence-corrected chi connectivity index (χ0v) is 12.5. The van der Waals surface area contributed by atoms with Crippen LogP contribution in [0.25, 0.3) is 0 Å². The lowest BCUT2D eigenvalue weighted by Crippen LogP contribution is -2.28. The number of nitrogens with zero attached hydrogens (tertiary/aromatic N) is 1. The highest BCUT2D eigenvalue weighted by atomic mass is 32.2. The van der Waals surface area contributed by atoms with Gasteiger partial charge < -0.3 is 5.32 Å². The number of sulfonamides is 1. The topological polar surface area (TPSA) is 49.4 Å². The molecule has 2 saturated heterocycles. The second kappa shape index (κ2) is 5.84. The Kier molecular flexibility index (Phi) is 4.10. The largest absolute Gasteiger partial charge is 0.317 e. The molecule has 0 bridgehead atoms. The summed E-state index contributed by atoms with van der Waals surface area (Å²) >= 11 is 0. The average molecular weight is 294 g/mol. The SMILES string of the molecule is O=S(=O)(c1ccc(C2CCNCC2)cc1)N1CCCC1. The highest BCUT2D eigenvalue weighted by molar-refractivity contribution is 7.89. The molecule has 0 saturated carbocycles. The Bertz CT molecular complexity index is 542. The van der Waals surface area contributed by atoms with E-state index >= 15 is 0 Å². The predicted octanol–water partition coefficient (Wildman–Crippen LogP) is 1.94. The zero-order chi connectivity index (χ0) is 14.0. The van der Waals surface area contributed by atoms with Gasteiger partial charge in [0.1, 0.15) is 0 Å². The quantitative estimate of drug-likeness (QED) is 0.927. The molecule has 0 radical (unpaired) electrons. The highest BCUT2D eigenvalue weighted by Gasteiger charge is 2.27. The fraction of sp³-hybridized carbons (Fsp3) is 0.600. The number of rotatable bonds is 3. The van der Waals surface area contributed by atoms with Crippen molar-refractivity contribution in [1.29, 1.82) is 0 Å². The minimum absolute atomic E-state index is 0.442. The van der Waals surface area contributed by atoms with E-state index in [4.69, 9.17) is 0 Å². The van der Waals surface area contributed by atoms with E-state index in [1.807, 2.05) is 12.1 Å². The molecule has 0 amide bonds. The van der Waals surface area contributed by atoms with E-state index in [0.29, 0.717) is 23.9 Å². The predicted molar refractivity (Wildman–Crippen MR) is 79.3 cm³/mol. The van der Waals surface area contributed by atoms with Crippen LogP contribution in [-0.4, -0.2) is 38.9 Å². The fourth-order valence-electron chi connectivity index (χ4n) is 3.14. The van der Waals surface area contributed by atoms with Crippen LogP contribution in [0.3, 0.4) is 0 Å². The smallest absolute Gasteiger partial charge is 0.243 e. The lowest BCUT2D eigenvalue weighted by atomic mass is 9.90. The summed E-state index contributed by atoms with van der Waals surface area (Å²) in [5.74, 6) is 0.569. The molecule has 4 nitrogen and oxygen atoms in total. The summed E-state index contributed by atoms with van der Waals surface area (Å²) in [5.41, 5.74) is 1.27. The molecule has 1 aromatic rings. The zero-order valence-electron chi connectivity index (χ0n) is 11.7. The summed E-state index contributed by atoms with van der Waals surface area (Å²) < 4.78 is 26.5. The lowest BCUT2D eigenvalue weighted by molar-refractivity contribution is 0.460. The van der Waals surface area contributed by atoms with Gasteiger partial charge in [-0.15, -0.1) is 0 Å². The molecule has 1 N–H and O–H groups in total. The van der Waals surface area contributed by atoms with E-state index in [-0.39, 0.29) is 0 Å². The van der Waals surface area contributed by atoms with Crippen molar-refractivity contribution in [1.82, 2.24) is 9.62 Å². The molecular formula is C15H22N2O2S. The number of hydrogen-bond acceptors (Lipinski definition) is 3. The first-order valence-electron chi connectivity index (χ1n) is 7.49. The lowest BCUT2D eigenvalue weighted by Gasteiger charge is -2.23. The standard InChI is InChI=1S/C15H22N2O2S/c18-20(19,17-11-1-2-12-17)15-5-3-13(4-6-15)14-7-9-16-10-8-14/h3-6,14,16H,1-2,7-12H2. The van der Waals surface area contributed by atoms with Gasteiger partial charge in [0, 0.05) is 13.1 Å². The Morgan fingerprint density at radius 1 is 1.00 bits per heavy atom. The molecule has 2 aliphatic rings. The molecule has 0 spiro atoms. The van der Waals surface area contributed by atoms with Crippen LogP contribution in [0.1, 0.15) is 37.2 Å². The molecule has 0 aliphatic carbocycles. The van der Waals surface area contributed by atoms with Crippen LogP contribution in [0.15, 0.2) is 29.2 Å². The molecule has 3 rings (SSSR count). The Balaban J connectivity index is 1.78. The van der Waals surface area contributed by atoms with Gasteiger partial charge in [0.15, 0.2) is 0 Å². The molecule has 0 unspecified atom stereocenters. The third-order valence-electron chi connectivity index (χ3n) is 4.39. The van der Waals surface area contributed by atoms with Gasteiger partial charge in [-0.2, -0.15) is 4.31 Å². The monoisotopic (exact) mass is 294 g/mol. The van der Waals surface area contributed by atoms with E-state index < -0.39 is 10.0 Å². The summed E-state index contributed by atoms with van der Waals surface area (Å²) in [4.78, 5) is 0.442. The summed E-state index contributed by atoms with van der Waals surface area (Å²) in [6, 6.07) is 7.56. The summed E-state index contributed by atoms with van der Waals surface area (Å²) in [5, 5.41) is 3.35. The summed E-state index contributed by atoms with van der Waals surface area (Å²) in [7, 11) is -3.27. The third-order valence-corrected chi connectivity index (χ3v) is 6.31. The van der Waals surface area contributed by atoms with E-state index in [2.05, 4.69) is 5.32 Å². The molecular weight excluding hydrogens is 272 g/mol. The number of benzene rings is 1. The number of piperidine rings is 1. The second-order valence-electron chi connectivity index (χ2n) is 5.70. The van der Waals surface area contributed by atoms with Gasteiger partial charge in [-0.3, -0.25) is 0 Å². The van der Waals surface area contributed by atoms with Gasteiger partial charge in [0.05, 0.1) is 4.90 Å². The van der Waals surface area contributed by atoms with Gasteiger partial charge in [-0.05, 0) is 62.4 Å². The second-order valence-corrected chi connectivity index (χ2v) is 7.64. The van der Waals surface area contributed by atoms with Crippen LogP contribution in [0.2, 0.25) is 0 Å². The van der Waals surface area contributed by atoms with Gasteiger partial charge in [0.25, 0.3) is 0 Å². The normalized spacial score (nSPS) is 22.2. The van der Waals surface area contributed by atoms with Crippen LogP contribution in [0.5, 0.6) is 0 Å². The minimum atomic E-state index is -3.27. The average Bonchev–Trinajstić information content (AvgIpc) is 3.03. The number of nitrogens with one attached hydrogen (secondary N) is 1.